The fraction of sp³-hybridized carbons (Fsp3) is 0.478. The minimum Gasteiger partial charge on any atom is -0.491 e. The summed E-state index contributed by atoms with van der Waals surface area (Å²) in [5.41, 5.74) is 2.32. The van der Waals surface area contributed by atoms with E-state index in [1.807, 2.05) is 37.5 Å². The molecule has 2 heterocycles. The zero-order chi connectivity index (χ0) is 21.3. The molecule has 0 amide bonds. The van der Waals surface area contributed by atoms with E-state index in [1.165, 1.54) is 5.56 Å². The first-order chi connectivity index (χ1) is 14.6. The predicted octanol–water partition coefficient (Wildman–Crippen LogP) is 2.70. The van der Waals surface area contributed by atoms with E-state index < -0.39 is 0 Å². The highest BCUT2D eigenvalue weighted by atomic mass is 16.5. The van der Waals surface area contributed by atoms with Crippen LogP contribution in [0.5, 0.6) is 5.75 Å². The Bertz CT molecular complexity index is 842. The molecule has 162 valence electrons. The summed E-state index contributed by atoms with van der Waals surface area (Å²) in [6, 6.07) is 12.2. The van der Waals surface area contributed by atoms with Crippen LogP contribution in [0.25, 0.3) is 0 Å². The topological polar surface area (TPSA) is 62.2 Å². The summed E-state index contributed by atoms with van der Waals surface area (Å²) in [5.74, 6) is 2.76. The maximum Gasteiger partial charge on any atom is 0.193 e. The summed E-state index contributed by atoms with van der Waals surface area (Å²) in [6.07, 6.45) is 2.10. The van der Waals surface area contributed by atoms with Gasteiger partial charge in [0.25, 0.3) is 0 Å². The molecule has 0 aliphatic carbocycles. The summed E-state index contributed by atoms with van der Waals surface area (Å²) in [5, 5.41) is 3.43. The number of rotatable bonds is 7. The fourth-order valence-electron chi connectivity index (χ4n) is 3.45. The van der Waals surface area contributed by atoms with Gasteiger partial charge in [-0.1, -0.05) is 18.2 Å². The number of nitrogens with zero attached hydrogens (tertiary/aromatic N) is 4. The predicted molar refractivity (Wildman–Crippen MR) is 121 cm³/mol. The van der Waals surface area contributed by atoms with E-state index >= 15 is 0 Å². The smallest absolute Gasteiger partial charge is 0.193 e. The first kappa shape index (κ1) is 21.9. The first-order valence-corrected chi connectivity index (χ1v) is 10.5. The number of likely N-dealkylation sites (N-methyl/N-ethyl adjacent to an activating group) is 1. The standard InChI is InChI=1S/C23H33N5O2/c1-18-7-5-6-8-21(18)30-13-11-27(4)23(24-3)26-16-20-9-10-25-22(15-20)28-12-14-29-19(2)17-28/h5-10,15,19H,11-14,16-17H2,1-4H3,(H,24,26). The molecule has 0 bridgehead atoms. The van der Waals surface area contributed by atoms with Gasteiger partial charge in [0.1, 0.15) is 18.2 Å². The molecule has 1 N–H and O–H groups in total. The molecule has 1 aliphatic rings. The number of guanidine groups is 1. The largest absolute Gasteiger partial charge is 0.491 e. The summed E-state index contributed by atoms with van der Waals surface area (Å²) < 4.78 is 11.5. The number of hydrogen-bond donors (Lipinski definition) is 1. The van der Waals surface area contributed by atoms with E-state index in [2.05, 4.69) is 51.1 Å². The quantitative estimate of drug-likeness (QED) is 0.558. The highest BCUT2D eigenvalue weighted by molar-refractivity contribution is 5.79. The van der Waals surface area contributed by atoms with Gasteiger partial charge < -0.3 is 24.6 Å². The molecule has 1 aliphatic heterocycles. The molecular formula is C23H33N5O2. The summed E-state index contributed by atoms with van der Waals surface area (Å²) in [7, 11) is 3.82. The Morgan fingerprint density at radius 1 is 1.37 bits per heavy atom. The van der Waals surface area contributed by atoms with E-state index in [1.54, 1.807) is 7.05 Å². The van der Waals surface area contributed by atoms with Crippen molar-refractivity contribution in [2.24, 2.45) is 4.99 Å². The molecule has 1 atom stereocenters. The van der Waals surface area contributed by atoms with Crippen molar-refractivity contribution in [1.82, 2.24) is 15.2 Å². The summed E-state index contributed by atoms with van der Waals surface area (Å²) in [4.78, 5) is 13.3. The van der Waals surface area contributed by atoms with Crippen LogP contribution < -0.4 is 15.0 Å². The van der Waals surface area contributed by atoms with Gasteiger partial charge in [-0.15, -0.1) is 0 Å². The van der Waals surface area contributed by atoms with Crippen LogP contribution in [0, 0.1) is 6.92 Å². The van der Waals surface area contributed by atoms with Crippen molar-refractivity contribution >= 4 is 11.8 Å². The normalized spacial score (nSPS) is 17.0. The van der Waals surface area contributed by atoms with Crippen molar-refractivity contribution in [2.75, 3.05) is 51.8 Å². The number of benzene rings is 1. The minimum atomic E-state index is 0.233. The molecule has 7 heteroatoms. The lowest BCUT2D eigenvalue weighted by Crippen LogP contribution is -2.42. The van der Waals surface area contributed by atoms with Crippen molar-refractivity contribution in [3.8, 4) is 5.75 Å². The number of nitrogens with one attached hydrogen (secondary N) is 1. The lowest BCUT2D eigenvalue weighted by atomic mass is 10.2. The third kappa shape index (κ3) is 6.10. The Labute approximate surface area is 179 Å². The second kappa shape index (κ2) is 10.8. The highest BCUT2D eigenvalue weighted by Crippen LogP contribution is 2.17. The fourth-order valence-corrected chi connectivity index (χ4v) is 3.45. The van der Waals surface area contributed by atoms with Gasteiger partial charge in [-0.2, -0.15) is 0 Å². The molecule has 1 saturated heterocycles. The van der Waals surface area contributed by atoms with Crippen molar-refractivity contribution in [3.05, 3.63) is 53.7 Å². The molecule has 0 radical (unpaired) electrons. The van der Waals surface area contributed by atoms with E-state index in [0.717, 1.165) is 49.3 Å². The van der Waals surface area contributed by atoms with Gasteiger partial charge in [0.2, 0.25) is 0 Å². The van der Waals surface area contributed by atoms with E-state index in [9.17, 15) is 0 Å². The Kier molecular flexibility index (Phi) is 7.90. The number of aromatic nitrogens is 1. The third-order valence-electron chi connectivity index (χ3n) is 5.18. The third-order valence-corrected chi connectivity index (χ3v) is 5.18. The molecule has 1 unspecified atom stereocenters. The van der Waals surface area contributed by atoms with Gasteiger partial charge in [-0.3, -0.25) is 4.99 Å². The molecular weight excluding hydrogens is 378 g/mol. The Hall–Kier alpha value is -2.80. The number of aliphatic imine (C=N–C) groups is 1. The Morgan fingerprint density at radius 2 is 2.20 bits per heavy atom. The van der Waals surface area contributed by atoms with Crippen LogP contribution in [0.2, 0.25) is 0 Å². The van der Waals surface area contributed by atoms with Gasteiger partial charge in [-0.05, 0) is 43.2 Å². The number of para-hydroxylation sites is 1. The molecule has 1 aromatic heterocycles. The maximum absolute atomic E-state index is 5.91. The molecule has 7 nitrogen and oxygen atoms in total. The lowest BCUT2D eigenvalue weighted by molar-refractivity contribution is 0.0529. The zero-order valence-electron chi connectivity index (χ0n) is 18.5. The van der Waals surface area contributed by atoms with Crippen molar-refractivity contribution in [1.29, 1.82) is 0 Å². The van der Waals surface area contributed by atoms with E-state index in [0.29, 0.717) is 13.2 Å². The molecule has 2 aromatic rings. The van der Waals surface area contributed by atoms with Crippen molar-refractivity contribution < 1.29 is 9.47 Å². The minimum absolute atomic E-state index is 0.233. The zero-order valence-corrected chi connectivity index (χ0v) is 18.5. The van der Waals surface area contributed by atoms with E-state index in [-0.39, 0.29) is 6.10 Å². The van der Waals surface area contributed by atoms with Crippen LogP contribution >= 0.6 is 0 Å². The van der Waals surface area contributed by atoms with Gasteiger partial charge in [-0.25, -0.2) is 4.98 Å². The van der Waals surface area contributed by atoms with Gasteiger partial charge in [0, 0.05) is 39.9 Å². The Balaban J connectivity index is 1.50. The van der Waals surface area contributed by atoms with Crippen LogP contribution in [-0.4, -0.2) is 68.9 Å². The molecule has 3 rings (SSSR count). The lowest BCUT2D eigenvalue weighted by Gasteiger charge is -2.32. The van der Waals surface area contributed by atoms with Crippen molar-refractivity contribution in [2.45, 2.75) is 26.5 Å². The van der Waals surface area contributed by atoms with Gasteiger partial charge in [0.15, 0.2) is 5.96 Å². The molecule has 0 saturated carbocycles. The average Bonchev–Trinajstić information content (AvgIpc) is 2.76. The maximum atomic E-state index is 5.91. The van der Waals surface area contributed by atoms with Gasteiger partial charge in [0.05, 0.1) is 19.3 Å². The van der Waals surface area contributed by atoms with Crippen LogP contribution in [0.4, 0.5) is 5.82 Å². The summed E-state index contributed by atoms with van der Waals surface area (Å²) in [6.45, 7) is 8.66. The highest BCUT2D eigenvalue weighted by Gasteiger charge is 2.18. The second-order valence-electron chi connectivity index (χ2n) is 7.59. The van der Waals surface area contributed by atoms with Crippen LogP contribution in [0.3, 0.4) is 0 Å². The molecule has 1 aromatic carbocycles. The number of aryl methyl sites for hydroxylation is 1. The monoisotopic (exact) mass is 411 g/mol. The van der Waals surface area contributed by atoms with Crippen molar-refractivity contribution in [3.63, 3.8) is 0 Å². The average molecular weight is 412 g/mol. The number of ether oxygens (including phenoxy) is 2. The SMILES string of the molecule is CN=C(NCc1ccnc(N2CCOC(C)C2)c1)N(C)CCOc1ccccc1C. The van der Waals surface area contributed by atoms with Gasteiger partial charge >= 0.3 is 0 Å². The molecule has 0 spiro atoms. The second-order valence-corrected chi connectivity index (χ2v) is 7.59. The number of morpholine rings is 1. The van der Waals surface area contributed by atoms with Crippen LogP contribution in [-0.2, 0) is 11.3 Å². The van der Waals surface area contributed by atoms with Crippen LogP contribution in [0.1, 0.15) is 18.1 Å². The van der Waals surface area contributed by atoms with E-state index in [4.69, 9.17) is 9.47 Å². The molecule has 30 heavy (non-hydrogen) atoms. The number of anilines is 1. The van der Waals surface area contributed by atoms with Crippen LogP contribution in [0.15, 0.2) is 47.6 Å². The number of pyridine rings is 1. The summed E-state index contributed by atoms with van der Waals surface area (Å²) >= 11 is 0. The molecule has 1 fully saturated rings. The first-order valence-electron chi connectivity index (χ1n) is 10.5. The number of hydrogen-bond acceptors (Lipinski definition) is 5. The Morgan fingerprint density at radius 3 is 2.97 bits per heavy atom.